The van der Waals surface area contributed by atoms with Crippen molar-refractivity contribution >= 4 is 11.9 Å². The van der Waals surface area contributed by atoms with Gasteiger partial charge in [-0.2, -0.15) is 0 Å². The van der Waals surface area contributed by atoms with Crippen LogP contribution in [0.25, 0.3) is 0 Å². The van der Waals surface area contributed by atoms with Gasteiger partial charge in [-0.25, -0.2) is 9.59 Å². The lowest BCUT2D eigenvalue weighted by Crippen LogP contribution is -2.15. The minimum Gasteiger partial charge on any atom is -0.478 e. The molecule has 0 atom stereocenters. The molecule has 4 heteroatoms. The van der Waals surface area contributed by atoms with Crippen LogP contribution in [0.4, 0.5) is 0 Å². The lowest BCUT2D eigenvalue weighted by Gasteiger charge is -2.14. The molecule has 18 heavy (non-hydrogen) atoms. The van der Waals surface area contributed by atoms with Gasteiger partial charge in [0.05, 0.1) is 11.1 Å². The van der Waals surface area contributed by atoms with Crippen molar-refractivity contribution in [1.82, 2.24) is 0 Å². The van der Waals surface area contributed by atoms with Crippen LogP contribution in [0.3, 0.4) is 0 Å². The molecule has 4 rings (SSSR count). The van der Waals surface area contributed by atoms with E-state index in [4.69, 9.17) is 0 Å². The van der Waals surface area contributed by atoms with Crippen molar-refractivity contribution in [1.29, 1.82) is 0 Å². The number of carboxylic acids is 2. The van der Waals surface area contributed by atoms with E-state index in [-0.39, 0.29) is 11.1 Å². The molecule has 0 radical (unpaired) electrons. The fourth-order valence-corrected chi connectivity index (χ4v) is 3.43. The van der Waals surface area contributed by atoms with Gasteiger partial charge in [-0.1, -0.05) is 12.2 Å². The summed E-state index contributed by atoms with van der Waals surface area (Å²) in [5, 5.41) is 18.5. The van der Waals surface area contributed by atoms with E-state index < -0.39 is 11.9 Å². The summed E-state index contributed by atoms with van der Waals surface area (Å²) < 4.78 is 0. The zero-order valence-electron chi connectivity index (χ0n) is 9.28. The number of fused-ring (bicyclic) bond motifs is 7. The summed E-state index contributed by atoms with van der Waals surface area (Å²) in [4.78, 5) is 22.6. The largest absolute Gasteiger partial charge is 0.478 e. The Bertz CT molecular complexity index is 663. The average molecular weight is 240 g/mol. The van der Waals surface area contributed by atoms with Gasteiger partial charge in [0.1, 0.15) is 0 Å². The molecule has 0 heterocycles. The summed E-state index contributed by atoms with van der Waals surface area (Å²) in [7, 11) is 0. The predicted molar refractivity (Wildman–Crippen MR) is 61.7 cm³/mol. The minimum atomic E-state index is -1.14. The second-order valence-corrected chi connectivity index (χ2v) is 4.80. The van der Waals surface area contributed by atoms with Crippen molar-refractivity contribution in [2.45, 2.75) is 12.8 Å². The number of hydrogen-bond donors (Lipinski definition) is 2. The van der Waals surface area contributed by atoms with Gasteiger partial charge in [0.25, 0.3) is 0 Å². The molecule has 2 N–H and O–H groups in total. The number of hydrogen-bond acceptors (Lipinski definition) is 2. The van der Waals surface area contributed by atoms with E-state index in [1.807, 2.05) is 12.2 Å². The van der Waals surface area contributed by atoms with Crippen LogP contribution < -0.4 is 0 Å². The van der Waals surface area contributed by atoms with E-state index in [0.717, 1.165) is 28.7 Å². The van der Waals surface area contributed by atoms with Crippen LogP contribution in [0.1, 0.15) is 12.8 Å². The normalized spacial score (nSPS) is 22.9. The van der Waals surface area contributed by atoms with Crippen LogP contribution in [0, 0.1) is 0 Å². The Balaban J connectivity index is 2.09. The lowest BCUT2D eigenvalue weighted by molar-refractivity contribution is -0.136. The minimum absolute atomic E-state index is 0.00898. The highest BCUT2D eigenvalue weighted by molar-refractivity contribution is 6.12. The van der Waals surface area contributed by atoms with Crippen molar-refractivity contribution in [3.63, 3.8) is 0 Å². The van der Waals surface area contributed by atoms with Crippen LogP contribution >= 0.6 is 0 Å². The molecule has 88 valence electrons. The van der Waals surface area contributed by atoms with Crippen molar-refractivity contribution in [3.8, 4) is 0 Å². The molecule has 4 nitrogen and oxygen atoms in total. The Morgan fingerprint density at radius 1 is 0.833 bits per heavy atom. The molecule has 0 aliphatic heterocycles. The average Bonchev–Trinajstić information content (AvgIpc) is 3.04. The molecular formula is C14H8O4. The fourth-order valence-electron chi connectivity index (χ4n) is 3.43. The van der Waals surface area contributed by atoms with Crippen LogP contribution in [-0.4, -0.2) is 22.2 Å². The lowest BCUT2D eigenvalue weighted by atomic mass is 9.89. The van der Waals surface area contributed by atoms with E-state index in [1.54, 1.807) is 0 Å². The second kappa shape index (κ2) is 2.72. The van der Waals surface area contributed by atoms with Crippen LogP contribution in [0.2, 0.25) is 0 Å². The van der Waals surface area contributed by atoms with E-state index in [1.165, 1.54) is 0 Å². The summed E-state index contributed by atoms with van der Waals surface area (Å²) in [5.74, 6) is -2.28. The van der Waals surface area contributed by atoms with Gasteiger partial charge in [0, 0.05) is 6.42 Å². The van der Waals surface area contributed by atoms with Crippen LogP contribution in [-0.2, 0) is 9.59 Å². The van der Waals surface area contributed by atoms with Gasteiger partial charge >= 0.3 is 11.9 Å². The summed E-state index contributed by atoms with van der Waals surface area (Å²) >= 11 is 0. The molecule has 0 spiro atoms. The van der Waals surface area contributed by atoms with E-state index in [2.05, 4.69) is 0 Å². The van der Waals surface area contributed by atoms with E-state index in [9.17, 15) is 19.8 Å². The summed E-state index contributed by atoms with van der Waals surface area (Å²) in [6.07, 6.45) is 5.28. The zero-order chi connectivity index (χ0) is 12.6. The Hall–Kier alpha value is -2.36. The maximum Gasteiger partial charge on any atom is 0.336 e. The van der Waals surface area contributed by atoms with Crippen molar-refractivity contribution < 1.29 is 19.8 Å². The summed E-state index contributed by atoms with van der Waals surface area (Å²) in [5.41, 5.74) is 5.62. The van der Waals surface area contributed by atoms with Gasteiger partial charge < -0.3 is 10.2 Å². The third-order valence-electron chi connectivity index (χ3n) is 4.00. The molecule has 0 aromatic rings. The maximum atomic E-state index is 11.3. The maximum absolute atomic E-state index is 11.3. The van der Waals surface area contributed by atoms with Gasteiger partial charge in [-0.3, -0.25) is 0 Å². The molecule has 0 unspecified atom stereocenters. The van der Waals surface area contributed by atoms with Crippen molar-refractivity contribution in [2.75, 3.05) is 0 Å². The topological polar surface area (TPSA) is 74.6 Å². The van der Waals surface area contributed by atoms with Gasteiger partial charge in [-0.05, 0) is 39.9 Å². The second-order valence-electron chi connectivity index (χ2n) is 4.80. The number of allylic oxidation sites excluding steroid dienone is 8. The Kier molecular flexibility index (Phi) is 1.46. The van der Waals surface area contributed by atoms with Gasteiger partial charge in [-0.15, -0.1) is 0 Å². The van der Waals surface area contributed by atoms with Crippen LogP contribution in [0.5, 0.6) is 0 Å². The monoisotopic (exact) mass is 240 g/mol. The molecule has 0 aromatic carbocycles. The number of rotatable bonds is 2. The molecule has 4 bridgehead atoms. The van der Waals surface area contributed by atoms with Crippen LogP contribution in [0.15, 0.2) is 56.7 Å². The standard InChI is InChI=1S/C14H8O4/c15-13(16)11-7-4-8(12(11)14(17)18)10-6-2-1-5(3-6)9(7)10/h1-2H,3-4H2,(H,15,16)(H,17,18). The summed E-state index contributed by atoms with van der Waals surface area (Å²) in [6, 6.07) is 0. The molecule has 1 fully saturated rings. The van der Waals surface area contributed by atoms with Gasteiger partial charge in [0.15, 0.2) is 0 Å². The van der Waals surface area contributed by atoms with Crippen molar-refractivity contribution in [2.24, 2.45) is 0 Å². The molecule has 0 saturated heterocycles. The van der Waals surface area contributed by atoms with E-state index >= 15 is 0 Å². The first-order valence-electron chi connectivity index (χ1n) is 5.68. The molecule has 4 aliphatic carbocycles. The fraction of sp³-hybridized carbons (Fsp3) is 0.143. The number of aliphatic carboxylic acids is 2. The molecule has 0 aromatic heterocycles. The third-order valence-corrected chi connectivity index (χ3v) is 4.00. The predicted octanol–water partition coefficient (Wildman–Crippen LogP) is 1.73. The molecule has 4 aliphatic rings. The van der Waals surface area contributed by atoms with Crippen molar-refractivity contribution in [3.05, 3.63) is 56.7 Å². The Morgan fingerprint density at radius 3 is 1.67 bits per heavy atom. The smallest absolute Gasteiger partial charge is 0.336 e. The highest BCUT2D eigenvalue weighted by Crippen LogP contribution is 2.58. The molecule has 0 amide bonds. The first kappa shape index (κ1) is 9.65. The number of carboxylic acid groups (broad SMARTS) is 2. The highest BCUT2D eigenvalue weighted by atomic mass is 16.4. The number of carbonyl (C=O) groups is 2. The zero-order valence-corrected chi connectivity index (χ0v) is 9.28. The molecular weight excluding hydrogens is 232 g/mol. The highest BCUT2D eigenvalue weighted by Gasteiger charge is 2.46. The quantitative estimate of drug-likeness (QED) is 0.770. The Labute approximate surface area is 102 Å². The first-order valence-corrected chi connectivity index (χ1v) is 5.68. The molecule has 1 saturated carbocycles. The third kappa shape index (κ3) is 0.850. The Morgan fingerprint density at radius 2 is 1.28 bits per heavy atom. The van der Waals surface area contributed by atoms with E-state index in [0.29, 0.717) is 17.6 Å². The summed E-state index contributed by atoms with van der Waals surface area (Å²) in [6.45, 7) is 0. The van der Waals surface area contributed by atoms with Gasteiger partial charge in [0.2, 0.25) is 0 Å². The SMILES string of the molecule is O=C(O)C1=C2CC(=C1C(=O)O)C1=C3C=CC(=C21)C3. The first-order chi connectivity index (χ1) is 8.59.